The predicted octanol–water partition coefficient (Wildman–Crippen LogP) is 1.72. The average molecular weight is 200 g/mol. The molecule has 3 heteroatoms. The first-order valence-corrected chi connectivity index (χ1v) is 5.07. The van der Waals surface area contributed by atoms with Gasteiger partial charge in [-0.3, -0.25) is 4.79 Å². The molecular formula is C12H12N2O. The van der Waals surface area contributed by atoms with Gasteiger partial charge in [0, 0.05) is 5.56 Å². The first-order chi connectivity index (χ1) is 7.31. The van der Waals surface area contributed by atoms with Gasteiger partial charge in [0.1, 0.15) is 6.04 Å². The Labute approximate surface area is 88.7 Å². The van der Waals surface area contributed by atoms with Crippen LogP contribution in [0.15, 0.2) is 30.3 Å². The van der Waals surface area contributed by atoms with Crippen LogP contribution < -0.4 is 5.32 Å². The van der Waals surface area contributed by atoms with E-state index in [2.05, 4.69) is 11.4 Å². The van der Waals surface area contributed by atoms with Crippen LogP contribution in [0.3, 0.4) is 0 Å². The van der Waals surface area contributed by atoms with Crippen molar-refractivity contribution in [3.63, 3.8) is 0 Å². The van der Waals surface area contributed by atoms with Crippen LogP contribution in [0.4, 0.5) is 0 Å². The number of hydrogen-bond acceptors (Lipinski definition) is 2. The maximum absolute atomic E-state index is 11.7. The van der Waals surface area contributed by atoms with Crippen molar-refractivity contribution in [1.29, 1.82) is 5.26 Å². The molecule has 1 fully saturated rings. The highest BCUT2D eigenvalue weighted by atomic mass is 16.1. The van der Waals surface area contributed by atoms with Crippen molar-refractivity contribution in [2.75, 3.05) is 0 Å². The molecule has 1 aliphatic rings. The van der Waals surface area contributed by atoms with Gasteiger partial charge in [-0.2, -0.15) is 5.26 Å². The third-order valence-electron chi connectivity index (χ3n) is 2.56. The highest BCUT2D eigenvalue weighted by molar-refractivity contribution is 5.94. The Kier molecular flexibility index (Phi) is 2.68. The summed E-state index contributed by atoms with van der Waals surface area (Å²) in [5.41, 5.74) is 0.610. The molecule has 1 atom stereocenters. The number of carbonyl (C=O) groups is 1. The number of amides is 1. The minimum atomic E-state index is -0.322. The standard InChI is InChI=1S/C12H12N2O/c13-8-11(9-6-7-9)14-12(15)10-4-2-1-3-5-10/h1-5,9,11H,6-7H2,(H,14,15)/t11-/m1/s1. The second-order valence-corrected chi connectivity index (χ2v) is 3.78. The lowest BCUT2D eigenvalue weighted by Crippen LogP contribution is -2.35. The normalized spacial score (nSPS) is 16.5. The third-order valence-corrected chi connectivity index (χ3v) is 2.56. The van der Waals surface area contributed by atoms with E-state index in [0.717, 1.165) is 12.8 Å². The fourth-order valence-electron chi connectivity index (χ4n) is 1.50. The maximum Gasteiger partial charge on any atom is 0.252 e. The van der Waals surface area contributed by atoms with Crippen molar-refractivity contribution in [2.45, 2.75) is 18.9 Å². The van der Waals surface area contributed by atoms with Gasteiger partial charge in [-0.05, 0) is 30.9 Å². The first kappa shape index (κ1) is 9.72. The summed E-state index contributed by atoms with van der Waals surface area (Å²) in [5.74, 6) is 0.205. The summed E-state index contributed by atoms with van der Waals surface area (Å²) in [6.45, 7) is 0. The van der Waals surface area contributed by atoms with Crippen LogP contribution in [-0.2, 0) is 0 Å². The number of rotatable bonds is 3. The van der Waals surface area contributed by atoms with Crippen molar-refractivity contribution >= 4 is 5.91 Å². The van der Waals surface area contributed by atoms with Crippen LogP contribution in [0, 0.1) is 17.2 Å². The van der Waals surface area contributed by atoms with E-state index in [1.165, 1.54) is 0 Å². The van der Waals surface area contributed by atoms with Gasteiger partial charge in [0.05, 0.1) is 6.07 Å². The molecule has 0 spiro atoms. The molecule has 0 aliphatic heterocycles. The van der Waals surface area contributed by atoms with Gasteiger partial charge in [0.2, 0.25) is 0 Å². The second-order valence-electron chi connectivity index (χ2n) is 3.78. The molecule has 1 amide bonds. The van der Waals surface area contributed by atoms with Gasteiger partial charge < -0.3 is 5.32 Å². The molecule has 15 heavy (non-hydrogen) atoms. The second kappa shape index (κ2) is 4.14. The Bertz CT molecular complexity index is 390. The lowest BCUT2D eigenvalue weighted by Gasteiger charge is -2.09. The largest absolute Gasteiger partial charge is 0.336 e. The molecule has 2 rings (SSSR count). The topological polar surface area (TPSA) is 52.9 Å². The van der Waals surface area contributed by atoms with Crippen LogP contribution in [0.5, 0.6) is 0 Å². The zero-order valence-corrected chi connectivity index (χ0v) is 8.31. The van der Waals surface area contributed by atoms with Crippen molar-refractivity contribution in [3.05, 3.63) is 35.9 Å². The molecule has 0 unspecified atom stereocenters. The van der Waals surface area contributed by atoms with Crippen LogP contribution in [0.2, 0.25) is 0 Å². The number of nitrogens with zero attached hydrogens (tertiary/aromatic N) is 1. The molecule has 0 aromatic heterocycles. The molecule has 1 aromatic rings. The summed E-state index contributed by atoms with van der Waals surface area (Å²) in [5, 5.41) is 11.6. The van der Waals surface area contributed by atoms with E-state index in [4.69, 9.17) is 5.26 Å². The Morgan fingerprint density at radius 2 is 2.07 bits per heavy atom. The van der Waals surface area contributed by atoms with Gasteiger partial charge >= 0.3 is 0 Å². The van der Waals surface area contributed by atoms with E-state index in [1.54, 1.807) is 12.1 Å². The molecule has 0 heterocycles. The average Bonchev–Trinajstić information content (AvgIpc) is 3.10. The van der Waals surface area contributed by atoms with Crippen molar-refractivity contribution < 1.29 is 4.79 Å². The van der Waals surface area contributed by atoms with E-state index in [0.29, 0.717) is 11.5 Å². The Morgan fingerprint density at radius 1 is 1.40 bits per heavy atom. The number of nitrogens with one attached hydrogen (secondary N) is 1. The Morgan fingerprint density at radius 3 is 2.60 bits per heavy atom. The summed E-state index contributed by atoms with van der Waals surface area (Å²) in [7, 11) is 0. The van der Waals surface area contributed by atoms with Gasteiger partial charge in [0.25, 0.3) is 5.91 Å². The minimum Gasteiger partial charge on any atom is -0.336 e. The lowest BCUT2D eigenvalue weighted by molar-refractivity contribution is 0.0942. The van der Waals surface area contributed by atoms with Crippen molar-refractivity contribution in [3.8, 4) is 6.07 Å². The molecule has 1 saturated carbocycles. The smallest absolute Gasteiger partial charge is 0.252 e. The highest BCUT2D eigenvalue weighted by Gasteiger charge is 2.32. The molecular weight excluding hydrogens is 188 g/mol. The quantitative estimate of drug-likeness (QED) is 0.807. The SMILES string of the molecule is N#C[C@@H](NC(=O)c1ccccc1)C1CC1. The predicted molar refractivity (Wildman–Crippen MR) is 56.0 cm³/mol. The molecule has 1 aliphatic carbocycles. The van der Waals surface area contributed by atoms with Crippen LogP contribution in [-0.4, -0.2) is 11.9 Å². The van der Waals surface area contributed by atoms with Crippen LogP contribution in [0.1, 0.15) is 23.2 Å². The van der Waals surface area contributed by atoms with E-state index in [1.807, 2.05) is 18.2 Å². The zero-order valence-electron chi connectivity index (χ0n) is 8.31. The molecule has 0 radical (unpaired) electrons. The zero-order chi connectivity index (χ0) is 10.7. The van der Waals surface area contributed by atoms with E-state index in [9.17, 15) is 4.79 Å². The summed E-state index contributed by atoms with van der Waals surface area (Å²) < 4.78 is 0. The number of carbonyl (C=O) groups excluding carboxylic acids is 1. The molecule has 3 nitrogen and oxygen atoms in total. The molecule has 0 bridgehead atoms. The minimum absolute atomic E-state index is 0.158. The highest BCUT2D eigenvalue weighted by Crippen LogP contribution is 2.32. The maximum atomic E-state index is 11.7. The summed E-state index contributed by atoms with van der Waals surface area (Å²) in [4.78, 5) is 11.7. The lowest BCUT2D eigenvalue weighted by atomic mass is 10.1. The molecule has 76 valence electrons. The van der Waals surface area contributed by atoms with Crippen LogP contribution >= 0.6 is 0 Å². The van der Waals surface area contributed by atoms with Crippen molar-refractivity contribution in [1.82, 2.24) is 5.32 Å². The molecule has 1 aromatic carbocycles. The van der Waals surface area contributed by atoms with E-state index in [-0.39, 0.29) is 11.9 Å². The van der Waals surface area contributed by atoms with Crippen LogP contribution in [0.25, 0.3) is 0 Å². The Hall–Kier alpha value is -1.82. The van der Waals surface area contributed by atoms with E-state index < -0.39 is 0 Å². The first-order valence-electron chi connectivity index (χ1n) is 5.07. The molecule has 0 saturated heterocycles. The van der Waals surface area contributed by atoms with Gasteiger partial charge in [-0.15, -0.1) is 0 Å². The van der Waals surface area contributed by atoms with Crippen molar-refractivity contribution in [2.24, 2.45) is 5.92 Å². The molecule has 1 N–H and O–H groups in total. The van der Waals surface area contributed by atoms with Gasteiger partial charge in [-0.1, -0.05) is 18.2 Å². The fraction of sp³-hybridized carbons (Fsp3) is 0.333. The Balaban J connectivity index is 2.00. The summed E-state index contributed by atoms with van der Waals surface area (Å²) >= 11 is 0. The third kappa shape index (κ3) is 2.35. The monoisotopic (exact) mass is 200 g/mol. The summed E-state index contributed by atoms with van der Waals surface area (Å²) in [6.07, 6.45) is 2.10. The summed E-state index contributed by atoms with van der Waals surface area (Å²) in [6, 6.07) is 10.8. The van der Waals surface area contributed by atoms with E-state index >= 15 is 0 Å². The number of nitriles is 1. The number of benzene rings is 1. The fourth-order valence-corrected chi connectivity index (χ4v) is 1.50. The number of hydrogen-bond donors (Lipinski definition) is 1. The van der Waals surface area contributed by atoms with Gasteiger partial charge in [-0.25, -0.2) is 0 Å². The van der Waals surface area contributed by atoms with Gasteiger partial charge in [0.15, 0.2) is 0 Å².